The number of aromatic nitrogens is 2. The first-order valence-electron chi connectivity index (χ1n) is 9.61. The molecular formula is C21H22ClN3O5S. The summed E-state index contributed by atoms with van der Waals surface area (Å²) in [6.45, 7) is 8.62. The van der Waals surface area contributed by atoms with E-state index in [1.54, 1.807) is 57.3 Å². The number of nitrogens with one attached hydrogen (secondary N) is 1. The molecule has 3 rings (SSSR count). The number of hydrogen-bond acceptors (Lipinski definition) is 7. The van der Waals surface area contributed by atoms with E-state index in [9.17, 15) is 14.4 Å². The summed E-state index contributed by atoms with van der Waals surface area (Å²) in [7, 11) is 0. The third kappa shape index (κ3) is 4.57. The Bertz CT molecular complexity index is 1180. The molecule has 8 nitrogen and oxygen atoms in total. The number of anilines is 1. The van der Waals surface area contributed by atoms with E-state index in [1.807, 2.05) is 0 Å². The average Bonchev–Trinajstić information content (AvgIpc) is 3.16. The predicted molar refractivity (Wildman–Crippen MR) is 118 cm³/mol. The monoisotopic (exact) mass is 463 g/mol. The minimum Gasteiger partial charge on any atom is -0.462 e. The first-order chi connectivity index (χ1) is 14.6. The molecule has 0 aliphatic rings. The number of nitrogens with zero attached hydrogens (tertiary/aromatic N) is 2. The summed E-state index contributed by atoms with van der Waals surface area (Å²) >= 11 is 6.98. The van der Waals surface area contributed by atoms with Gasteiger partial charge in [0.15, 0.2) is 0 Å². The van der Waals surface area contributed by atoms with E-state index in [0.29, 0.717) is 27.6 Å². The normalized spacial score (nSPS) is 11.1. The first kappa shape index (κ1) is 22.8. The molecule has 31 heavy (non-hydrogen) atoms. The molecule has 1 N–H and O–H groups in total. The zero-order chi connectivity index (χ0) is 22.9. The van der Waals surface area contributed by atoms with Gasteiger partial charge in [-0.25, -0.2) is 14.6 Å². The SMILES string of the molecule is CCOC(=O)c1c(NC(=O)c2c(C)nc3cc(Cl)ccn23)sc(C(=O)OC(C)C)c1C. The standard InChI is InChI=1S/C21H22ClN3O5S/c1-6-29-20(27)15-11(4)17(21(28)30-10(2)3)31-19(15)24-18(26)16-12(5)23-14-9-13(22)7-8-25(14)16/h7-10H,6H2,1-5H3,(H,24,26). The number of fused-ring (bicyclic) bond motifs is 1. The molecule has 10 heteroatoms. The lowest BCUT2D eigenvalue weighted by molar-refractivity contribution is 0.0383. The fourth-order valence-corrected chi connectivity index (χ4v) is 4.31. The quantitative estimate of drug-likeness (QED) is 0.534. The van der Waals surface area contributed by atoms with Crippen molar-refractivity contribution in [2.24, 2.45) is 0 Å². The van der Waals surface area contributed by atoms with Gasteiger partial charge in [0.25, 0.3) is 5.91 Å². The van der Waals surface area contributed by atoms with Crippen molar-refractivity contribution < 1.29 is 23.9 Å². The molecule has 0 bridgehead atoms. The third-order valence-corrected chi connectivity index (χ3v) is 5.78. The Labute approximate surface area is 188 Å². The summed E-state index contributed by atoms with van der Waals surface area (Å²) in [5.41, 5.74) is 1.82. The van der Waals surface area contributed by atoms with Crippen LogP contribution >= 0.6 is 22.9 Å². The van der Waals surface area contributed by atoms with Crippen LogP contribution in [0.15, 0.2) is 18.3 Å². The molecule has 0 aliphatic carbocycles. The maximum Gasteiger partial charge on any atom is 0.348 e. The van der Waals surface area contributed by atoms with Crippen molar-refractivity contribution in [3.63, 3.8) is 0 Å². The van der Waals surface area contributed by atoms with Crippen LogP contribution in [-0.4, -0.2) is 39.9 Å². The van der Waals surface area contributed by atoms with Crippen molar-refractivity contribution in [3.8, 4) is 0 Å². The number of amides is 1. The number of pyridine rings is 1. The molecule has 0 fully saturated rings. The number of aryl methyl sites for hydroxylation is 1. The number of ether oxygens (including phenoxy) is 2. The molecule has 0 aliphatic heterocycles. The summed E-state index contributed by atoms with van der Waals surface area (Å²) in [4.78, 5) is 42.8. The van der Waals surface area contributed by atoms with Gasteiger partial charge in [-0.05, 0) is 46.2 Å². The number of imidazole rings is 1. The summed E-state index contributed by atoms with van der Waals surface area (Å²) in [6, 6.07) is 3.29. The van der Waals surface area contributed by atoms with Crippen LogP contribution in [0, 0.1) is 13.8 Å². The molecule has 0 spiro atoms. The lowest BCUT2D eigenvalue weighted by atomic mass is 10.1. The molecule has 0 saturated heterocycles. The number of esters is 2. The highest BCUT2D eigenvalue weighted by Crippen LogP contribution is 2.35. The number of carbonyl (C=O) groups is 3. The largest absolute Gasteiger partial charge is 0.462 e. The van der Waals surface area contributed by atoms with Crippen LogP contribution in [0.5, 0.6) is 0 Å². The number of halogens is 1. The fraction of sp³-hybridized carbons (Fsp3) is 0.333. The van der Waals surface area contributed by atoms with Crippen LogP contribution in [0.25, 0.3) is 5.65 Å². The Hall–Kier alpha value is -2.91. The summed E-state index contributed by atoms with van der Waals surface area (Å²) < 4.78 is 12.0. The van der Waals surface area contributed by atoms with E-state index in [1.165, 1.54) is 0 Å². The van der Waals surface area contributed by atoms with Crippen LogP contribution in [0.2, 0.25) is 5.02 Å². The summed E-state index contributed by atoms with van der Waals surface area (Å²) in [6.07, 6.45) is 1.31. The van der Waals surface area contributed by atoms with Crippen LogP contribution in [-0.2, 0) is 9.47 Å². The summed E-state index contributed by atoms with van der Waals surface area (Å²) in [5, 5.41) is 3.45. The molecule has 3 aromatic rings. The van der Waals surface area contributed by atoms with Crippen molar-refractivity contribution in [2.75, 3.05) is 11.9 Å². The van der Waals surface area contributed by atoms with Gasteiger partial charge in [0.05, 0.1) is 24.0 Å². The molecule has 3 aromatic heterocycles. The minimum absolute atomic E-state index is 0.130. The van der Waals surface area contributed by atoms with Gasteiger partial charge in [0, 0.05) is 17.3 Å². The maximum absolute atomic E-state index is 13.1. The Morgan fingerprint density at radius 2 is 1.97 bits per heavy atom. The smallest absolute Gasteiger partial charge is 0.348 e. The number of rotatable bonds is 6. The third-order valence-electron chi connectivity index (χ3n) is 4.36. The van der Waals surface area contributed by atoms with E-state index in [-0.39, 0.29) is 28.2 Å². The van der Waals surface area contributed by atoms with Crippen LogP contribution in [0.4, 0.5) is 5.00 Å². The zero-order valence-corrected chi connectivity index (χ0v) is 19.3. The molecule has 0 radical (unpaired) electrons. The Morgan fingerprint density at radius 3 is 2.61 bits per heavy atom. The van der Waals surface area contributed by atoms with Crippen molar-refractivity contribution in [3.05, 3.63) is 50.7 Å². The van der Waals surface area contributed by atoms with Gasteiger partial charge in [0.1, 0.15) is 21.2 Å². The number of hydrogen-bond donors (Lipinski definition) is 1. The van der Waals surface area contributed by atoms with Gasteiger partial charge < -0.3 is 14.8 Å². The van der Waals surface area contributed by atoms with Gasteiger partial charge in [-0.15, -0.1) is 11.3 Å². The lowest BCUT2D eigenvalue weighted by Gasteiger charge is -2.08. The van der Waals surface area contributed by atoms with Crippen LogP contribution in [0.3, 0.4) is 0 Å². The van der Waals surface area contributed by atoms with Crippen molar-refractivity contribution in [1.29, 1.82) is 0 Å². The second kappa shape index (κ2) is 9.07. The average molecular weight is 464 g/mol. The Kier molecular flexibility index (Phi) is 6.66. The Balaban J connectivity index is 2.04. The van der Waals surface area contributed by atoms with Crippen molar-refractivity contribution in [1.82, 2.24) is 9.38 Å². The molecule has 1 amide bonds. The second-order valence-electron chi connectivity index (χ2n) is 7.01. The Morgan fingerprint density at radius 1 is 1.26 bits per heavy atom. The predicted octanol–water partition coefficient (Wildman–Crippen LogP) is 4.66. The van der Waals surface area contributed by atoms with Gasteiger partial charge in [-0.1, -0.05) is 11.6 Å². The topological polar surface area (TPSA) is 99.0 Å². The molecule has 164 valence electrons. The second-order valence-corrected chi connectivity index (χ2v) is 8.47. The molecule has 0 aromatic carbocycles. The highest BCUT2D eigenvalue weighted by Gasteiger charge is 2.29. The van der Waals surface area contributed by atoms with Crippen LogP contribution < -0.4 is 5.32 Å². The first-order valence-corrected chi connectivity index (χ1v) is 10.8. The van der Waals surface area contributed by atoms with Gasteiger partial charge in [-0.3, -0.25) is 9.20 Å². The maximum atomic E-state index is 13.1. The van der Waals surface area contributed by atoms with E-state index < -0.39 is 17.8 Å². The number of thiophene rings is 1. The van der Waals surface area contributed by atoms with E-state index in [0.717, 1.165) is 11.3 Å². The zero-order valence-electron chi connectivity index (χ0n) is 17.7. The van der Waals surface area contributed by atoms with Gasteiger partial charge in [0.2, 0.25) is 0 Å². The van der Waals surface area contributed by atoms with Crippen molar-refractivity contribution in [2.45, 2.75) is 40.7 Å². The highest BCUT2D eigenvalue weighted by molar-refractivity contribution is 7.18. The molecule has 3 heterocycles. The van der Waals surface area contributed by atoms with Gasteiger partial charge in [-0.2, -0.15) is 0 Å². The highest BCUT2D eigenvalue weighted by atomic mass is 35.5. The molecule has 0 saturated carbocycles. The van der Waals surface area contributed by atoms with Gasteiger partial charge >= 0.3 is 11.9 Å². The summed E-state index contributed by atoms with van der Waals surface area (Å²) in [5.74, 6) is -1.68. The van der Waals surface area contributed by atoms with Crippen LogP contribution in [0.1, 0.15) is 62.5 Å². The van der Waals surface area contributed by atoms with E-state index in [2.05, 4.69) is 10.3 Å². The van der Waals surface area contributed by atoms with E-state index in [4.69, 9.17) is 21.1 Å². The lowest BCUT2D eigenvalue weighted by Crippen LogP contribution is -2.17. The van der Waals surface area contributed by atoms with Crippen molar-refractivity contribution >= 4 is 51.4 Å². The molecule has 0 unspecified atom stereocenters. The molecular weight excluding hydrogens is 442 g/mol. The molecule has 0 atom stereocenters. The number of carbonyl (C=O) groups excluding carboxylic acids is 3. The fourth-order valence-electron chi connectivity index (χ4n) is 3.09. The van der Waals surface area contributed by atoms with E-state index >= 15 is 0 Å². The minimum atomic E-state index is -0.628.